The molecule has 42 heavy (non-hydrogen) atoms. The molecule has 2 aromatic heterocycles. The summed E-state index contributed by atoms with van der Waals surface area (Å²) in [7, 11) is 0. The maximum absolute atomic E-state index is 14.2. The number of halogens is 3. The Hall–Kier alpha value is -5.41. The molecule has 17 heteroatoms. The van der Waals surface area contributed by atoms with Crippen LogP contribution >= 0.6 is 23.2 Å². The summed E-state index contributed by atoms with van der Waals surface area (Å²) in [6.07, 6.45) is 1.25. The highest BCUT2D eigenvalue weighted by Crippen LogP contribution is 2.29. The number of hydrogen-bond acceptors (Lipinski definition) is 11. The third-order valence-electron chi connectivity index (χ3n) is 5.69. The van der Waals surface area contributed by atoms with Crippen molar-refractivity contribution in [3.8, 4) is 22.8 Å². The van der Waals surface area contributed by atoms with Gasteiger partial charge in [-0.3, -0.25) is 14.9 Å². The fourth-order valence-electron chi connectivity index (χ4n) is 3.73. The first-order chi connectivity index (χ1) is 20.2. The van der Waals surface area contributed by atoms with Crippen LogP contribution in [0.15, 0.2) is 70.4 Å². The molecular weight excluding hydrogens is 596 g/mol. The van der Waals surface area contributed by atoms with E-state index >= 15 is 0 Å². The van der Waals surface area contributed by atoms with E-state index < -0.39 is 16.6 Å². The van der Waals surface area contributed by atoms with Gasteiger partial charge in [-0.2, -0.15) is 9.78 Å². The summed E-state index contributed by atoms with van der Waals surface area (Å²) in [4.78, 5) is 23.9. The third kappa shape index (κ3) is 5.86. The van der Waals surface area contributed by atoms with Gasteiger partial charge >= 0.3 is 0 Å². The number of aromatic nitrogens is 5. The summed E-state index contributed by atoms with van der Waals surface area (Å²) >= 11 is 12.2. The summed E-state index contributed by atoms with van der Waals surface area (Å²) in [5.41, 5.74) is 8.29. The Morgan fingerprint density at radius 2 is 2.00 bits per heavy atom. The number of nitrogens with zero attached hydrogens (tertiary/aromatic N) is 7. The summed E-state index contributed by atoms with van der Waals surface area (Å²) in [6.45, 7) is -0.184. The fourth-order valence-corrected chi connectivity index (χ4v) is 4.13. The Morgan fingerprint density at radius 3 is 2.74 bits per heavy atom. The number of nitrogens with one attached hydrogen (secondary N) is 1. The highest BCUT2D eigenvalue weighted by atomic mass is 35.5. The Bertz CT molecular complexity index is 1820. The topological polar surface area (TPSA) is 189 Å². The van der Waals surface area contributed by atoms with E-state index in [1.807, 2.05) is 0 Å². The molecule has 5 rings (SSSR count). The number of hydrazone groups is 1. The van der Waals surface area contributed by atoms with Gasteiger partial charge in [0.15, 0.2) is 5.69 Å². The quantitative estimate of drug-likeness (QED) is 0.135. The van der Waals surface area contributed by atoms with E-state index in [2.05, 4.69) is 35.8 Å². The van der Waals surface area contributed by atoms with Crippen LogP contribution in [0, 0.1) is 15.9 Å². The Kier molecular flexibility index (Phi) is 8.03. The van der Waals surface area contributed by atoms with Crippen molar-refractivity contribution >= 4 is 46.8 Å². The summed E-state index contributed by atoms with van der Waals surface area (Å²) in [6, 6.07) is 14.3. The number of nitro groups is 1. The van der Waals surface area contributed by atoms with E-state index in [4.69, 9.17) is 33.7 Å². The smallest absolute Gasteiger partial charge is 0.294 e. The van der Waals surface area contributed by atoms with Crippen LogP contribution in [-0.4, -0.2) is 42.4 Å². The van der Waals surface area contributed by atoms with Crippen LogP contribution in [0.2, 0.25) is 10.0 Å². The second kappa shape index (κ2) is 12.0. The Labute approximate surface area is 244 Å². The van der Waals surface area contributed by atoms with E-state index in [1.165, 1.54) is 54.7 Å². The van der Waals surface area contributed by atoms with E-state index in [9.17, 15) is 19.3 Å². The average Bonchev–Trinajstić information content (AvgIpc) is 3.59. The molecule has 0 saturated carbocycles. The molecular formula is C25H16Cl2FN9O5. The Morgan fingerprint density at radius 1 is 1.19 bits per heavy atom. The first-order valence-corrected chi connectivity index (χ1v) is 12.5. The van der Waals surface area contributed by atoms with Gasteiger partial charge < -0.3 is 10.5 Å². The van der Waals surface area contributed by atoms with Gasteiger partial charge in [0.05, 0.1) is 16.2 Å². The molecule has 0 spiro atoms. The predicted molar refractivity (Wildman–Crippen MR) is 148 cm³/mol. The number of amides is 1. The zero-order valence-electron chi connectivity index (χ0n) is 20.9. The second-order valence-corrected chi connectivity index (χ2v) is 9.19. The number of non-ortho nitro benzene ring substituents is 1. The summed E-state index contributed by atoms with van der Waals surface area (Å²) < 4.78 is 25.6. The first-order valence-electron chi connectivity index (χ1n) is 11.7. The molecule has 2 heterocycles. The molecule has 0 atom stereocenters. The minimum absolute atomic E-state index is 0.00217. The average molecular weight is 612 g/mol. The van der Waals surface area contributed by atoms with Gasteiger partial charge in [-0.25, -0.2) is 14.4 Å². The van der Waals surface area contributed by atoms with E-state index in [1.54, 1.807) is 12.1 Å². The molecule has 0 aliphatic heterocycles. The van der Waals surface area contributed by atoms with E-state index in [0.29, 0.717) is 10.6 Å². The SMILES string of the molecule is Nc1nonc1-n1nnc(C(=O)N/N=C\c2cc(Cl)ccc2OCc2c(F)cccc2Cl)c1-c1cccc([N+](=O)[O-])c1. The number of carbonyl (C=O) groups excluding carboxylic acids is 1. The van der Waals surface area contributed by atoms with Gasteiger partial charge in [0.2, 0.25) is 11.6 Å². The maximum atomic E-state index is 14.2. The number of hydrogen-bond donors (Lipinski definition) is 2. The highest BCUT2D eigenvalue weighted by Gasteiger charge is 2.26. The highest BCUT2D eigenvalue weighted by molar-refractivity contribution is 6.31. The normalized spacial score (nSPS) is 11.1. The summed E-state index contributed by atoms with van der Waals surface area (Å²) in [5.74, 6) is -1.36. The molecule has 3 aromatic carbocycles. The minimum atomic E-state index is -0.836. The van der Waals surface area contributed by atoms with Gasteiger partial charge in [-0.1, -0.05) is 46.6 Å². The molecule has 0 aliphatic rings. The maximum Gasteiger partial charge on any atom is 0.294 e. The Balaban J connectivity index is 1.42. The molecule has 0 bridgehead atoms. The van der Waals surface area contributed by atoms with Crippen molar-refractivity contribution in [3.05, 3.63) is 103 Å². The zero-order chi connectivity index (χ0) is 29.8. The predicted octanol–water partition coefficient (Wildman–Crippen LogP) is 4.60. The standard InChI is InChI=1S/C25H16Cl2FN9O5/c26-15-7-8-20(41-12-17-18(27)5-2-6-19(17)28)14(9-15)11-30-32-25(38)21-22(13-3-1-4-16(10-13)37(39)40)36(35-31-21)24-23(29)33-42-34-24/h1-11H,12H2,(H2,29,33)(H,32,38)/b30-11-. The van der Waals surface area contributed by atoms with E-state index in [0.717, 1.165) is 4.68 Å². The lowest BCUT2D eigenvalue weighted by Crippen LogP contribution is -2.19. The molecule has 0 aliphatic carbocycles. The second-order valence-electron chi connectivity index (χ2n) is 8.35. The fraction of sp³-hybridized carbons (Fsp3) is 0.0400. The van der Waals surface area contributed by atoms with Crippen molar-refractivity contribution in [2.24, 2.45) is 5.10 Å². The molecule has 212 valence electrons. The lowest BCUT2D eigenvalue weighted by Gasteiger charge is -2.11. The van der Waals surface area contributed by atoms with Gasteiger partial charge in [-0.05, 0) is 40.6 Å². The van der Waals surface area contributed by atoms with Crippen LogP contribution in [0.25, 0.3) is 17.1 Å². The van der Waals surface area contributed by atoms with Gasteiger partial charge in [-0.15, -0.1) is 5.10 Å². The van der Waals surface area contributed by atoms with Crippen LogP contribution < -0.4 is 15.9 Å². The molecule has 3 N–H and O–H groups in total. The number of carbonyl (C=O) groups is 1. The first kappa shape index (κ1) is 28.1. The molecule has 0 saturated heterocycles. The van der Waals surface area contributed by atoms with Crippen molar-refractivity contribution < 1.29 is 23.5 Å². The van der Waals surface area contributed by atoms with Crippen LogP contribution in [0.1, 0.15) is 21.6 Å². The number of nitrogens with two attached hydrogens (primary N) is 1. The monoisotopic (exact) mass is 611 g/mol. The molecule has 1 amide bonds. The molecule has 0 unspecified atom stereocenters. The number of anilines is 1. The zero-order valence-corrected chi connectivity index (χ0v) is 22.5. The number of ether oxygens (including phenoxy) is 1. The van der Waals surface area contributed by atoms with Crippen molar-refractivity contribution in [2.45, 2.75) is 6.61 Å². The number of benzene rings is 3. The largest absolute Gasteiger partial charge is 0.488 e. The van der Waals surface area contributed by atoms with Crippen molar-refractivity contribution in [2.75, 3.05) is 5.73 Å². The number of rotatable bonds is 9. The van der Waals surface area contributed by atoms with Crippen molar-refractivity contribution in [1.82, 2.24) is 30.7 Å². The molecule has 0 fully saturated rings. The number of nitro benzene ring substituents is 1. The summed E-state index contributed by atoms with van der Waals surface area (Å²) in [5, 5.41) is 30.8. The molecule has 0 radical (unpaired) electrons. The third-order valence-corrected chi connectivity index (χ3v) is 6.28. The van der Waals surface area contributed by atoms with Crippen molar-refractivity contribution in [1.29, 1.82) is 0 Å². The lowest BCUT2D eigenvalue weighted by molar-refractivity contribution is -0.384. The lowest BCUT2D eigenvalue weighted by atomic mass is 10.1. The van der Waals surface area contributed by atoms with Crippen molar-refractivity contribution in [3.63, 3.8) is 0 Å². The minimum Gasteiger partial charge on any atom is -0.488 e. The number of nitrogen functional groups attached to an aromatic ring is 1. The molecule has 14 nitrogen and oxygen atoms in total. The molecule has 5 aromatic rings. The van der Waals surface area contributed by atoms with Crippen LogP contribution in [-0.2, 0) is 6.61 Å². The van der Waals surface area contributed by atoms with E-state index in [-0.39, 0.29) is 57.2 Å². The van der Waals surface area contributed by atoms with Crippen LogP contribution in [0.3, 0.4) is 0 Å². The van der Waals surface area contributed by atoms with Crippen LogP contribution in [0.4, 0.5) is 15.9 Å². The van der Waals surface area contributed by atoms with Crippen LogP contribution in [0.5, 0.6) is 5.75 Å². The van der Waals surface area contributed by atoms with Gasteiger partial charge in [0, 0.05) is 33.8 Å². The van der Waals surface area contributed by atoms with Gasteiger partial charge in [0.1, 0.15) is 23.9 Å². The van der Waals surface area contributed by atoms with Gasteiger partial charge in [0.25, 0.3) is 11.6 Å².